The number of ketones is 2. The van der Waals surface area contributed by atoms with Gasteiger partial charge >= 0.3 is 0 Å². The normalized spacial score (nSPS) is 13.8. The molecule has 0 fully saturated rings. The zero-order valence-corrected chi connectivity index (χ0v) is 20.1. The predicted molar refractivity (Wildman–Crippen MR) is 132 cm³/mol. The van der Waals surface area contributed by atoms with Gasteiger partial charge in [-0.1, -0.05) is 52.7 Å². The molecule has 3 rings (SSSR count). The molecule has 0 radical (unpaired) electrons. The van der Waals surface area contributed by atoms with Crippen LogP contribution in [0.15, 0.2) is 36.4 Å². The van der Waals surface area contributed by atoms with E-state index < -0.39 is 0 Å². The van der Waals surface area contributed by atoms with Crippen LogP contribution in [0.3, 0.4) is 0 Å². The Morgan fingerprint density at radius 2 is 0.969 bits per heavy atom. The fourth-order valence-corrected chi connectivity index (χ4v) is 4.70. The lowest BCUT2D eigenvalue weighted by molar-refractivity contribution is 0.0978. The molecule has 0 atom stereocenters. The molecule has 0 aliphatic heterocycles. The molecule has 1 aliphatic carbocycles. The monoisotopic (exact) mass is 434 g/mol. The van der Waals surface area contributed by atoms with Crippen LogP contribution in [0.5, 0.6) is 0 Å². The molecule has 4 N–H and O–H groups in total. The highest BCUT2D eigenvalue weighted by molar-refractivity contribution is 6.28. The highest BCUT2D eigenvalue weighted by atomic mass is 16.1. The zero-order valence-electron chi connectivity index (χ0n) is 20.1. The third kappa shape index (κ3) is 4.87. The van der Waals surface area contributed by atoms with Gasteiger partial charge in [0.1, 0.15) is 0 Å². The lowest BCUT2D eigenvalue weighted by atomic mass is 9.74. The first-order chi connectivity index (χ1) is 15.1. The van der Waals surface area contributed by atoms with Crippen LogP contribution in [0.1, 0.15) is 109 Å². The van der Waals surface area contributed by atoms with Crippen LogP contribution in [0.4, 0.5) is 0 Å². The second kappa shape index (κ2) is 9.68. The second-order valence-electron chi connectivity index (χ2n) is 10.4. The van der Waals surface area contributed by atoms with Crippen molar-refractivity contribution >= 4 is 11.6 Å². The molecule has 2 aromatic carbocycles. The summed E-state index contributed by atoms with van der Waals surface area (Å²) in [5.74, 6) is -0.108. The Bertz CT molecular complexity index is 927. The Balaban J connectivity index is 1.95. The molecule has 4 heteroatoms. The van der Waals surface area contributed by atoms with Gasteiger partial charge in [0.2, 0.25) is 0 Å². The number of fused-ring (bicyclic) bond motifs is 2. The lowest BCUT2D eigenvalue weighted by Crippen LogP contribution is -2.25. The van der Waals surface area contributed by atoms with Gasteiger partial charge in [-0.05, 0) is 85.0 Å². The van der Waals surface area contributed by atoms with E-state index in [1.54, 1.807) is 0 Å². The van der Waals surface area contributed by atoms with Crippen LogP contribution in [-0.2, 0) is 10.8 Å². The van der Waals surface area contributed by atoms with Crippen molar-refractivity contribution < 1.29 is 9.59 Å². The minimum Gasteiger partial charge on any atom is -0.330 e. The van der Waals surface area contributed by atoms with Crippen molar-refractivity contribution in [1.29, 1.82) is 0 Å². The molecule has 32 heavy (non-hydrogen) atoms. The number of unbranched alkanes of at least 4 members (excludes halogenated alkanes) is 2. The van der Waals surface area contributed by atoms with Gasteiger partial charge in [-0.15, -0.1) is 0 Å². The van der Waals surface area contributed by atoms with Crippen molar-refractivity contribution in [3.8, 4) is 0 Å². The maximum Gasteiger partial charge on any atom is 0.194 e. The van der Waals surface area contributed by atoms with E-state index in [0.29, 0.717) is 35.3 Å². The van der Waals surface area contributed by atoms with Gasteiger partial charge in [0.25, 0.3) is 0 Å². The first-order valence-electron chi connectivity index (χ1n) is 11.9. The van der Waals surface area contributed by atoms with Crippen LogP contribution in [0, 0.1) is 0 Å². The van der Waals surface area contributed by atoms with E-state index in [9.17, 15) is 9.59 Å². The molecule has 0 saturated carbocycles. The number of rotatable bonds is 10. The fraction of sp³-hybridized carbons (Fsp3) is 0.500. The minimum absolute atomic E-state index is 0.0474. The van der Waals surface area contributed by atoms with Crippen LogP contribution in [0.2, 0.25) is 0 Å². The maximum absolute atomic E-state index is 13.5. The van der Waals surface area contributed by atoms with Gasteiger partial charge in [0.05, 0.1) is 0 Å². The van der Waals surface area contributed by atoms with Gasteiger partial charge in [-0.3, -0.25) is 9.59 Å². The summed E-state index contributed by atoms with van der Waals surface area (Å²) in [6.45, 7) is 10.1. The summed E-state index contributed by atoms with van der Waals surface area (Å²) >= 11 is 0. The Hall–Kier alpha value is -2.30. The molecule has 0 amide bonds. The smallest absolute Gasteiger partial charge is 0.194 e. The minimum atomic E-state index is -0.0827. The summed E-state index contributed by atoms with van der Waals surface area (Å²) in [6, 6.07) is 11.6. The average molecular weight is 435 g/mol. The van der Waals surface area contributed by atoms with Gasteiger partial charge < -0.3 is 11.5 Å². The Morgan fingerprint density at radius 1 is 0.594 bits per heavy atom. The first-order valence-corrected chi connectivity index (χ1v) is 11.9. The summed E-state index contributed by atoms with van der Waals surface area (Å²) in [7, 11) is 0. The van der Waals surface area contributed by atoms with Gasteiger partial charge in [0.15, 0.2) is 11.6 Å². The maximum atomic E-state index is 13.5. The molecule has 172 valence electrons. The second-order valence-corrected chi connectivity index (χ2v) is 10.4. The summed E-state index contributed by atoms with van der Waals surface area (Å²) in [5.41, 5.74) is 15.4. The molecule has 0 bridgehead atoms. The number of hydrogen-bond acceptors (Lipinski definition) is 4. The van der Waals surface area contributed by atoms with E-state index in [0.717, 1.165) is 49.7 Å². The molecule has 0 heterocycles. The van der Waals surface area contributed by atoms with Crippen molar-refractivity contribution in [3.63, 3.8) is 0 Å². The molecule has 4 nitrogen and oxygen atoms in total. The van der Waals surface area contributed by atoms with Crippen molar-refractivity contribution in [3.05, 3.63) is 69.8 Å². The van der Waals surface area contributed by atoms with Gasteiger partial charge in [0, 0.05) is 22.3 Å². The number of carbonyl (C=O) groups excluding carboxylic acids is 2. The molecular formula is C28H38N2O2. The van der Waals surface area contributed by atoms with Crippen molar-refractivity contribution in [1.82, 2.24) is 0 Å². The van der Waals surface area contributed by atoms with E-state index in [1.165, 1.54) is 0 Å². The van der Waals surface area contributed by atoms with E-state index in [2.05, 4.69) is 27.7 Å². The van der Waals surface area contributed by atoms with E-state index in [4.69, 9.17) is 11.5 Å². The fourth-order valence-electron chi connectivity index (χ4n) is 4.70. The predicted octanol–water partition coefficient (Wildman–Crippen LogP) is 5.28. The molecule has 2 aromatic rings. The summed E-state index contributed by atoms with van der Waals surface area (Å²) in [5, 5.41) is 0. The zero-order chi connectivity index (χ0) is 23.5. The largest absolute Gasteiger partial charge is 0.330 e. The third-order valence-electron chi connectivity index (χ3n) is 7.09. The van der Waals surface area contributed by atoms with E-state index in [1.807, 2.05) is 36.4 Å². The van der Waals surface area contributed by atoms with E-state index in [-0.39, 0.29) is 22.4 Å². The highest BCUT2D eigenvalue weighted by Crippen LogP contribution is 2.36. The standard InChI is InChI=1S/C28H38N2O2/c1-27(2,13-5-7-15-29)19-9-11-21-23(17-19)26(32)24-18-20(10-12-22(24)25(21)31)28(3,4)14-6-8-16-30/h9-12,17-18H,5-8,13-16,29-30H2,1-4H3. The van der Waals surface area contributed by atoms with E-state index >= 15 is 0 Å². The number of benzene rings is 2. The number of carbonyl (C=O) groups is 2. The number of hydrogen-bond donors (Lipinski definition) is 2. The summed E-state index contributed by atoms with van der Waals surface area (Å²) < 4.78 is 0. The first kappa shape index (κ1) is 24.3. The quantitative estimate of drug-likeness (QED) is 0.425. The van der Waals surface area contributed by atoms with Crippen LogP contribution in [0.25, 0.3) is 0 Å². The SMILES string of the molecule is CC(C)(CCCCN)c1ccc2c(c1)C(=O)c1cc(C(C)(C)CCCCN)ccc1C2=O. The lowest BCUT2D eigenvalue weighted by Gasteiger charge is -2.29. The van der Waals surface area contributed by atoms with Gasteiger partial charge in [-0.2, -0.15) is 0 Å². The molecular weight excluding hydrogens is 396 g/mol. The molecule has 0 aromatic heterocycles. The summed E-state index contributed by atoms with van der Waals surface area (Å²) in [6.07, 6.45) is 6.04. The van der Waals surface area contributed by atoms with Gasteiger partial charge in [-0.25, -0.2) is 0 Å². The summed E-state index contributed by atoms with van der Waals surface area (Å²) in [4.78, 5) is 26.8. The van der Waals surface area contributed by atoms with Crippen molar-refractivity contribution in [2.45, 2.75) is 77.0 Å². The molecule has 1 aliphatic rings. The van der Waals surface area contributed by atoms with Crippen LogP contribution in [-0.4, -0.2) is 24.7 Å². The van der Waals surface area contributed by atoms with Crippen LogP contribution < -0.4 is 11.5 Å². The van der Waals surface area contributed by atoms with Crippen LogP contribution >= 0.6 is 0 Å². The van der Waals surface area contributed by atoms with Crippen molar-refractivity contribution in [2.24, 2.45) is 11.5 Å². The molecule has 0 spiro atoms. The van der Waals surface area contributed by atoms with Crippen molar-refractivity contribution in [2.75, 3.05) is 13.1 Å². The highest BCUT2D eigenvalue weighted by Gasteiger charge is 2.33. The Kier molecular flexibility index (Phi) is 7.36. The Morgan fingerprint density at radius 3 is 1.34 bits per heavy atom. The molecule has 0 unspecified atom stereocenters. The third-order valence-corrected chi connectivity index (χ3v) is 7.09. The number of nitrogens with two attached hydrogens (primary N) is 2. The average Bonchev–Trinajstić information content (AvgIpc) is 2.77. The topological polar surface area (TPSA) is 86.2 Å². The molecule has 0 saturated heterocycles. The Labute approximate surface area is 192 Å².